The summed E-state index contributed by atoms with van der Waals surface area (Å²) in [5.74, 6) is 1.30. The molecular formula is C104H108N4. The van der Waals surface area contributed by atoms with E-state index in [9.17, 15) is 0 Å². The Hall–Kier alpha value is -10.2. The Balaban J connectivity index is 0.000000163. The molecule has 0 aliphatic heterocycles. The van der Waals surface area contributed by atoms with Crippen LogP contribution in [0.2, 0.25) is 0 Å². The van der Waals surface area contributed by atoms with Gasteiger partial charge in [-0.25, -0.2) is 0 Å². The molecule has 6 aliphatic carbocycles. The predicted molar refractivity (Wildman–Crippen MR) is 460 cm³/mol. The number of nitrogens with zero attached hydrogens (tertiary/aromatic N) is 4. The highest BCUT2D eigenvalue weighted by Crippen LogP contribution is 2.60. The second kappa shape index (κ2) is 29.4. The van der Waals surface area contributed by atoms with Crippen LogP contribution in [-0.2, 0) is 62.2 Å². The Labute approximate surface area is 645 Å². The van der Waals surface area contributed by atoms with Crippen LogP contribution in [0.4, 0.5) is 68.2 Å². The van der Waals surface area contributed by atoms with Gasteiger partial charge >= 0.3 is 0 Å². The normalized spacial score (nSPS) is 14.9. The van der Waals surface area contributed by atoms with Crippen LogP contribution in [0.3, 0.4) is 0 Å². The number of anilines is 12. The molecule has 0 bridgehead atoms. The quantitative estimate of drug-likeness (QED) is 0.0598. The second-order valence-corrected chi connectivity index (χ2v) is 33.4. The highest BCUT2D eigenvalue weighted by Gasteiger charge is 2.47. The maximum Gasteiger partial charge on any atom is 0.0465 e. The summed E-state index contributed by atoms with van der Waals surface area (Å²) in [6.45, 7) is 23.2. The van der Waals surface area contributed by atoms with Gasteiger partial charge in [-0.3, -0.25) is 0 Å². The first-order valence-electron chi connectivity index (χ1n) is 41.2. The van der Waals surface area contributed by atoms with Crippen molar-refractivity contribution >= 4 is 68.2 Å². The molecule has 4 nitrogen and oxygen atoms in total. The first-order valence-corrected chi connectivity index (χ1v) is 41.2. The van der Waals surface area contributed by atoms with Crippen LogP contribution in [0.15, 0.2) is 243 Å². The third-order valence-corrected chi connectivity index (χ3v) is 26.0. The summed E-state index contributed by atoms with van der Waals surface area (Å²) in [4.78, 5) is 9.97. The van der Waals surface area contributed by atoms with Crippen molar-refractivity contribution in [2.75, 3.05) is 19.6 Å². The lowest BCUT2D eigenvalue weighted by atomic mass is 9.65. The zero-order valence-electron chi connectivity index (χ0n) is 65.8. The van der Waals surface area contributed by atoms with Gasteiger partial charge in [-0.05, 0) is 338 Å². The minimum Gasteiger partial charge on any atom is -0.310 e. The zero-order valence-corrected chi connectivity index (χ0v) is 65.8. The molecule has 0 aromatic heterocycles. The Morgan fingerprint density at radius 2 is 0.481 bits per heavy atom. The Bertz CT molecular complexity index is 4990. The fourth-order valence-corrected chi connectivity index (χ4v) is 19.0. The lowest BCUT2D eigenvalue weighted by molar-refractivity contribution is 0.266. The molecule has 544 valence electrons. The molecule has 18 rings (SSSR count). The summed E-state index contributed by atoms with van der Waals surface area (Å²) in [6, 6.07) is 94.1. The van der Waals surface area contributed by atoms with Crippen molar-refractivity contribution in [3.63, 3.8) is 0 Å². The molecule has 0 spiro atoms. The van der Waals surface area contributed by atoms with Crippen LogP contribution in [0, 0.1) is 39.5 Å². The lowest BCUT2D eigenvalue weighted by Crippen LogP contribution is -2.32. The highest BCUT2D eigenvalue weighted by molar-refractivity contribution is 5.91. The van der Waals surface area contributed by atoms with Crippen molar-refractivity contribution in [2.24, 2.45) is 11.8 Å². The molecule has 0 radical (unpaired) electrons. The van der Waals surface area contributed by atoms with Crippen LogP contribution in [0.5, 0.6) is 0 Å². The van der Waals surface area contributed by atoms with Crippen LogP contribution in [-0.4, -0.2) is 0 Å². The number of benzene rings is 12. The molecule has 0 fully saturated rings. The molecule has 108 heavy (non-hydrogen) atoms. The third-order valence-electron chi connectivity index (χ3n) is 26.0. The van der Waals surface area contributed by atoms with Crippen LogP contribution in [0.25, 0.3) is 22.3 Å². The van der Waals surface area contributed by atoms with E-state index in [1.807, 2.05) is 0 Å². The van der Waals surface area contributed by atoms with Gasteiger partial charge in [0.1, 0.15) is 0 Å². The van der Waals surface area contributed by atoms with Gasteiger partial charge in [-0.15, -0.1) is 0 Å². The van der Waals surface area contributed by atoms with Crippen molar-refractivity contribution in [3.8, 4) is 22.3 Å². The van der Waals surface area contributed by atoms with Gasteiger partial charge in [-0.1, -0.05) is 212 Å². The van der Waals surface area contributed by atoms with Gasteiger partial charge in [0.2, 0.25) is 0 Å². The monoisotopic (exact) mass is 1410 g/mol. The first kappa shape index (κ1) is 70.8. The van der Waals surface area contributed by atoms with E-state index in [1.165, 1.54) is 284 Å². The maximum atomic E-state index is 2.65. The van der Waals surface area contributed by atoms with E-state index in [0.717, 1.165) is 0 Å². The summed E-state index contributed by atoms with van der Waals surface area (Å²) in [6.07, 6.45) is 21.9. The number of unbranched alkanes of at least 4 members (excludes halogenated alkanes) is 2. The maximum absolute atomic E-state index is 2.65. The van der Waals surface area contributed by atoms with Gasteiger partial charge in [0.15, 0.2) is 0 Å². The summed E-state index contributed by atoms with van der Waals surface area (Å²) >= 11 is 0. The van der Waals surface area contributed by atoms with Crippen molar-refractivity contribution in [2.45, 2.75) is 196 Å². The summed E-state index contributed by atoms with van der Waals surface area (Å²) in [5, 5.41) is 0. The Kier molecular flexibility index (Phi) is 19.3. The molecule has 0 saturated heterocycles. The van der Waals surface area contributed by atoms with Crippen molar-refractivity contribution < 1.29 is 0 Å². The van der Waals surface area contributed by atoms with E-state index in [1.54, 1.807) is 11.1 Å². The zero-order chi connectivity index (χ0) is 74.0. The molecule has 0 saturated carbocycles. The average Bonchev–Trinajstić information content (AvgIpc) is 1.53. The molecule has 4 heteroatoms. The topological polar surface area (TPSA) is 13.0 Å². The smallest absolute Gasteiger partial charge is 0.0465 e. The van der Waals surface area contributed by atoms with Crippen LogP contribution < -0.4 is 19.6 Å². The van der Waals surface area contributed by atoms with Gasteiger partial charge in [-0.2, -0.15) is 0 Å². The van der Waals surface area contributed by atoms with Crippen molar-refractivity contribution in [3.05, 3.63) is 332 Å². The SMILES string of the molecule is CCCCC(CC)CC1(CC(CC)CCCC)c2cc(N(c3ccc(C)cc3)c3ccc4c(c3)CC4)ccc2-c2ccc(N(c3ccc(C)cc3)c3ccc4c(c3)CC4)cc21.Cc1ccc(N(c2ccc3c(c2)CC3)c2ccc3c(c2)C(C)(C)c2cc(N(c4ccc(C)cc4)c4ccc5c(c4)CC5)ccc2-3)cc1. The van der Waals surface area contributed by atoms with E-state index in [0.29, 0.717) is 11.8 Å². The molecule has 6 aliphatic rings. The van der Waals surface area contributed by atoms with E-state index >= 15 is 0 Å². The molecule has 2 unspecified atom stereocenters. The third kappa shape index (κ3) is 13.2. The fraction of sp³-hybridized carbons (Fsp3) is 0.308. The van der Waals surface area contributed by atoms with Gasteiger partial charge in [0.25, 0.3) is 0 Å². The molecule has 12 aromatic carbocycles. The fourth-order valence-electron chi connectivity index (χ4n) is 19.0. The predicted octanol–water partition coefficient (Wildman–Crippen LogP) is 28.7. The molecule has 0 heterocycles. The molecule has 0 N–H and O–H groups in total. The Morgan fingerprint density at radius 1 is 0.259 bits per heavy atom. The van der Waals surface area contributed by atoms with E-state index in [4.69, 9.17) is 0 Å². The van der Waals surface area contributed by atoms with Gasteiger partial charge in [0.05, 0.1) is 0 Å². The summed E-state index contributed by atoms with van der Waals surface area (Å²) < 4.78 is 0. The first-order chi connectivity index (χ1) is 52.6. The lowest BCUT2D eigenvalue weighted by Gasteiger charge is -2.39. The average molecular weight is 1410 g/mol. The van der Waals surface area contributed by atoms with Crippen LogP contribution >= 0.6 is 0 Å². The highest BCUT2D eigenvalue weighted by atomic mass is 15.2. The minimum atomic E-state index is -0.157. The molecule has 12 aromatic rings. The van der Waals surface area contributed by atoms with E-state index < -0.39 is 0 Å². The number of hydrogen-bond acceptors (Lipinski definition) is 4. The van der Waals surface area contributed by atoms with Gasteiger partial charge < -0.3 is 19.6 Å². The van der Waals surface area contributed by atoms with E-state index in [2.05, 4.69) is 331 Å². The van der Waals surface area contributed by atoms with Crippen molar-refractivity contribution in [1.82, 2.24) is 0 Å². The standard InChI is InChI=1S/C59H68N2.C45H40N2/c1-7-11-13-43(9-3)39-59(40-44(10-4)14-12-8-2)57-37-53(60(49-25-15-41(5)16-26-49)51-29-23-45-19-21-47(45)35-51)31-33-55(57)56-34-32-54(38-58(56)59)61(50-27-17-42(6)18-28-50)52-30-24-46-20-22-48(46)36-52;1-29-5-15-35(16-6-29)46(37-19-13-31-9-11-33(31)25-37)39-21-23-41-42-24-22-40(28-44(42)45(3,4)43(41)27-39)47(36-17-7-30(2)8-18-36)38-20-14-32-10-12-34(32)26-38/h15-18,23-38,43-44H,7-14,19-22,39-40H2,1-6H3;5-8,13-28H,9-12H2,1-4H3. The summed E-state index contributed by atoms with van der Waals surface area (Å²) in [7, 11) is 0. The Morgan fingerprint density at radius 3 is 0.713 bits per heavy atom. The number of fused-ring (bicyclic) bond motifs is 10. The molecule has 2 atom stereocenters. The molecular weight excluding hydrogens is 1310 g/mol. The van der Waals surface area contributed by atoms with Gasteiger partial charge in [0, 0.05) is 79.1 Å². The number of aryl methyl sites for hydroxylation is 12. The second-order valence-electron chi connectivity index (χ2n) is 33.4. The minimum absolute atomic E-state index is 0.113. The van der Waals surface area contributed by atoms with Crippen molar-refractivity contribution in [1.29, 1.82) is 0 Å². The largest absolute Gasteiger partial charge is 0.310 e. The number of rotatable bonds is 24. The number of hydrogen-bond donors (Lipinski definition) is 0. The van der Waals surface area contributed by atoms with Crippen LogP contribution in [0.1, 0.15) is 195 Å². The van der Waals surface area contributed by atoms with E-state index in [-0.39, 0.29) is 10.8 Å². The summed E-state index contributed by atoms with van der Waals surface area (Å²) in [5.41, 5.74) is 43.0. The molecule has 0 amide bonds.